The van der Waals surface area contributed by atoms with Crippen LogP contribution in [0.4, 0.5) is 0 Å². The van der Waals surface area contributed by atoms with E-state index in [1.807, 2.05) is 0 Å². The molecule has 0 unspecified atom stereocenters. The molecule has 0 aliphatic heterocycles. The maximum atomic E-state index is 6.14. The van der Waals surface area contributed by atoms with Gasteiger partial charge in [-0.05, 0) is 99.5 Å². The number of ether oxygens (including phenoxy) is 1. The fourth-order valence-corrected chi connectivity index (χ4v) is 4.60. The summed E-state index contributed by atoms with van der Waals surface area (Å²) in [6, 6.07) is 11.0. The summed E-state index contributed by atoms with van der Waals surface area (Å²) in [4.78, 5) is 7.00. The van der Waals surface area contributed by atoms with Gasteiger partial charge < -0.3 is 9.64 Å². The molecule has 0 spiro atoms. The van der Waals surface area contributed by atoms with Gasteiger partial charge in [-0.1, -0.05) is 25.1 Å². The van der Waals surface area contributed by atoms with E-state index in [9.17, 15) is 0 Å². The second kappa shape index (κ2) is 10.6. The van der Waals surface area contributed by atoms with Crippen LogP contribution >= 0.6 is 23.9 Å². The Kier molecular flexibility index (Phi) is 8.09. The van der Waals surface area contributed by atoms with Gasteiger partial charge >= 0.3 is 0 Å². The molecule has 2 aromatic carbocycles. The van der Waals surface area contributed by atoms with Crippen LogP contribution < -0.4 is 4.74 Å². The summed E-state index contributed by atoms with van der Waals surface area (Å²) in [6.45, 7) is 8.59. The third-order valence-electron chi connectivity index (χ3n) is 6.15. The van der Waals surface area contributed by atoms with Gasteiger partial charge in [0.1, 0.15) is 5.75 Å². The Balaban J connectivity index is 0.00000272. The predicted octanol–water partition coefficient (Wildman–Crippen LogP) is 6.41. The molecule has 1 aromatic heterocycles. The lowest BCUT2D eigenvalue weighted by atomic mass is 9.90. The van der Waals surface area contributed by atoms with E-state index in [-0.39, 0.29) is 12.4 Å². The molecule has 0 atom stereocenters. The number of hydrogen-bond acceptors (Lipinski definition) is 5. The monoisotopic (exact) mass is 457 g/mol. The highest BCUT2D eigenvalue weighted by Gasteiger charge is 2.15. The van der Waals surface area contributed by atoms with E-state index in [4.69, 9.17) is 4.74 Å². The number of aryl methyl sites for hydroxylation is 4. The summed E-state index contributed by atoms with van der Waals surface area (Å²) in [5, 5.41) is 0.601. The Morgan fingerprint density at radius 2 is 1.81 bits per heavy atom. The molecule has 0 radical (unpaired) electrons. The van der Waals surface area contributed by atoms with E-state index in [0.29, 0.717) is 5.19 Å². The molecule has 31 heavy (non-hydrogen) atoms. The van der Waals surface area contributed by atoms with E-state index in [1.165, 1.54) is 53.0 Å². The van der Waals surface area contributed by atoms with Gasteiger partial charge in [0.05, 0.1) is 0 Å². The van der Waals surface area contributed by atoms with Crippen molar-refractivity contribution in [1.29, 1.82) is 0 Å². The lowest BCUT2D eigenvalue weighted by Gasteiger charge is -2.16. The van der Waals surface area contributed by atoms with Gasteiger partial charge in [-0.2, -0.15) is 9.36 Å². The molecular weight excluding hydrogens is 426 g/mol. The van der Waals surface area contributed by atoms with Crippen molar-refractivity contribution in [3.8, 4) is 22.3 Å². The number of likely N-dealkylation sites (N-methyl/N-ethyl adjacent to an activating group) is 1. The molecule has 1 heterocycles. The zero-order valence-corrected chi connectivity index (χ0v) is 20.5. The molecule has 0 bridgehead atoms. The van der Waals surface area contributed by atoms with Crippen LogP contribution in [0.5, 0.6) is 10.9 Å². The Bertz CT molecular complexity index is 1030. The van der Waals surface area contributed by atoms with Crippen LogP contribution in [0.25, 0.3) is 11.4 Å². The number of hydrogen-bond donors (Lipinski definition) is 0. The minimum atomic E-state index is 0. The fourth-order valence-electron chi connectivity index (χ4n) is 4.03. The SMILES string of the molecule is CCN(C)CCc1cc(C)c(Oc2nc(-c3ccc4c(c3)CCCC4)ns2)cc1C.Cl. The summed E-state index contributed by atoms with van der Waals surface area (Å²) in [7, 11) is 2.16. The molecule has 0 N–H and O–H groups in total. The van der Waals surface area contributed by atoms with Crippen LogP contribution in [-0.4, -0.2) is 34.4 Å². The van der Waals surface area contributed by atoms with Gasteiger partial charge in [-0.3, -0.25) is 0 Å². The maximum Gasteiger partial charge on any atom is 0.299 e. The fraction of sp³-hybridized carbons (Fsp3) is 0.440. The highest BCUT2D eigenvalue weighted by molar-refractivity contribution is 7.07. The highest BCUT2D eigenvalue weighted by Crippen LogP contribution is 2.32. The smallest absolute Gasteiger partial charge is 0.299 e. The Morgan fingerprint density at radius 3 is 2.58 bits per heavy atom. The number of rotatable bonds is 7. The van der Waals surface area contributed by atoms with Crippen molar-refractivity contribution < 1.29 is 4.74 Å². The Hall–Kier alpha value is -1.95. The highest BCUT2D eigenvalue weighted by atomic mass is 35.5. The Morgan fingerprint density at radius 1 is 1.03 bits per heavy atom. The first kappa shape index (κ1) is 23.7. The second-order valence-electron chi connectivity index (χ2n) is 8.37. The largest absolute Gasteiger partial charge is 0.430 e. The van der Waals surface area contributed by atoms with E-state index in [0.717, 1.165) is 48.6 Å². The van der Waals surface area contributed by atoms with Crippen molar-refractivity contribution in [2.75, 3.05) is 20.1 Å². The van der Waals surface area contributed by atoms with Gasteiger partial charge in [0.2, 0.25) is 0 Å². The van der Waals surface area contributed by atoms with Gasteiger partial charge in [-0.15, -0.1) is 12.4 Å². The lowest BCUT2D eigenvalue weighted by molar-refractivity contribution is 0.357. The summed E-state index contributed by atoms with van der Waals surface area (Å²) in [5.74, 6) is 1.63. The first-order valence-corrected chi connectivity index (χ1v) is 11.7. The molecule has 1 aliphatic carbocycles. The standard InChI is InChI=1S/C25H31N3OS.ClH/c1-5-28(4)13-12-20-14-18(3)23(15-17(20)2)29-25-26-24(27-30-25)22-11-10-19-8-6-7-9-21(19)16-22;/h10-11,14-16H,5-9,12-13H2,1-4H3;1H. The van der Waals surface area contributed by atoms with E-state index in [2.05, 4.69) is 72.4 Å². The third kappa shape index (κ3) is 5.65. The van der Waals surface area contributed by atoms with Gasteiger partial charge in [0.15, 0.2) is 5.82 Å². The quantitative estimate of drug-likeness (QED) is 0.411. The zero-order valence-electron chi connectivity index (χ0n) is 18.9. The van der Waals surface area contributed by atoms with Gasteiger partial charge in [-0.25, -0.2) is 0 Å². The average Bonchev–Trinajstić information content (AvgIpc) is 3.23. The molecule has 0 saturated heterocycles. The van der Waals surface area contributed by atoms with Crippen LogP contribution in [-0.2, 0) is 19.3 Å². The first-order valence-electron chi connectivity index (χ1n) is 11.0. The molecule has 4 nitrogen and oxygen atoms in total. The van der Waals surface area contributed by atoms with Crippen molar-refractivity contribution in [2.24, 2.45) is 0 Å². The predicted molar refractivity (Wildman–Crippen MR) is 132 cm³/mol. The minimum Gasteiger partial charge on any atom is -0.430 e. The van der Waals surface area contributed by atoms with Gasteiger partial charge in [0.25, 0.3) is 5.19 Å². The number of nitrogens with zero attached hydrogens (tertiary/aromatic N) is 3. The number of aromatic nitrogens is 2. The second-order valence-corrected chi connectivity index (χ2v) is 9.08. The number of halogens is 1. The zero-order chi connectivity index (χ0) is 21.1. The molecule has 0 amide bonds. The third-order valence-corrected chi connectivity index (χ3v) is 6.74. The number of fused-ring (bicyclic) bond motifs is 1. The summed E-state index contributed by atoms with van der Waals surface area (Å²) in [5.41, 5.74) is 7.80. The van der Waals surface area contributed by atoms with Crippen LogP contribution in [0.15, 0.2) is 30.3 Å². The average molecular weight is 458 g/mol. The maximum absolute atomic E-state index is 6.14. The van der Waals surface area contributed by atoms with Crippen LogP contribution in [0.3, 0.4) is 0 Å². The van der Waals surface area contributed by atoms with Crippen molar-refractivity contribution in [1.82, 2.24) is 14.3 Å². The topological polar surface area (TPSA) is 38.2 Å². The summed E-state index contributed by atoms with van der Waals surface area (Å²) < 4.78 is 10.7. The van der Waals surface area contributed by atoms with E-state index < -0.39 is 0 Å². The summed E-state index contributed by atoms with van der Waals surface area (Å²) in [6.07, 6.45) is 5.98. The first-order chi connectivity index (χ1) is 14.5. The molecule has 0 fully saturated rings. The molecular formula is C25H32ClN3OS. The normalized spacial score (nSPS) is 13.1. The molecule has 3 aromatic rings. The van der Waals surface area contributed by atoms with Crippen molar-refractivity contribution in [2.45, 2.75) is 52.9 Å². The summed E-state index contributed by atoms with van der Waals surface area (Å²) >= 11 is 1.32. The van der Waals surface area contributed by atoms with Crippen LogP contribution in [0, 0.1) is 13.8 Å². The number of benzene rings is 2. The van der Waals surface area contributed by atoms with Crippen LogP contribution in [0.1, 0.15) is 47.6 Å². The van der Waals surface area contributed by atoms with Crippen LogP contribution in [0.2, 0.25) is 0 Å². The Labute approximate surface area is 196 Å². The molecule has 166 valence electrons. The molecule has 0 saturated carbocycles. The lowest BCUT2D eigenvalue weighted by Crippen LogP contribution is -2.20. The molecule has 6 heteroatoms. The van der Waals surface area contributed by atoms with E-state index >= 15 is 0 Å². The van der Waals surface area contributed by atoms with Gasteiger partial charge in [0, 0.05) is 23.6 Å². The van der Waals surface area contributed by atoms with E-state index in [1.54, 1.807) is 0 Å². The van der Waals surface area contributed by atoms with Crippen molar-refractivity contribution >= 4 is 23.9 Å². The molecule has 1 aliphatic rings. The van der Waals surface area contributed by atoms with Crippen molar-refractivity contribution in [3.63, 3.8) is 0 Å². The minimum absolute atomic E-state index is 0. The van der Waals surface area contributed by atoms with Crippen molar-refractivity contribution in [3.05, 3.63) is 58.1 Å². The molecule has 4 rings (SSSR count).